The van der Waals surface area contributed by atoms with Gasteiger partial charge < -0.3 is 25.5 Å². The summed E-state index contributed by atoms with van der Waals surface area (Å²) < 4.78 is 45.9. The number of esters is 1. The summed E-state index contributed by atoms with van der Waals surface area (Å²) in [5.41, 5.74) is 9.77. The fraction of sp³-hybridized carbons (Fsp3) is 0.250. The molecule has 0 aliphatic rings. The fourth-order valence-corrected chi connectivity index (χ4v) is 2.80. The van der Waals surface area contributed by atoms with E-state index in [4.69, 9.17) is 27.9 Å². The smallest absolute Gasteiger partial charge is 0.461 e. The molecule has 0 spiro atoms. The number of hydrogen-bond donors (Lipinski definition) is 3. The number of alkyl halides is 3. The number of nitrogens with one attached hydrogen (secondary N) is 1. The number of halogens is 4. The van der Waals surface area contributed by atoms with Crippen molar-refractivity contribution in [2.45, 2.75) is 19.8 Å². The maximum absolute atomic E-state index is 12.4. The summed E-state index contributed by atoms with van der Waals surface area (Å²) in [7, 11) is 0. The first kappa shape index (κ1) is 24.2. The molecule has 0 saturated heterocycles. The van der Waals surface area contributed by atoms with Gasteiger partial charge in [0.15, 0.2) is 5.70 Å². The number of nitrogens with zero attached hydrogens (tertiary/aromatic N) is 1. The molecule has 31 heavy (non-hydrogen) atoms. The van der Waals surface area contributed by atoms with Crippen LogP contribution in [0.2, 0.25) is 5.02 Å². The van der Waals surface area contributed by atoms with Gasteiger partial charge in [-0.1, -0.05) is 23.7 Å². The molecule has 11 heteroatoms. The van der Waals surface area contributed by atoms with Crippen molar-refractivity contribution in [2.75, 3.05) is 18.1 Å². The molecule has 5 N–H and O–H groups in total. The molecule has 2 aromatic carbocycles. The molecule has 0 unspecified atom stereocenters. The molecule has 0 amide bonds. The third kappa shape index (κ3) is 7.58. The SMILES string of the molecule is CCOC(=O)/C(NN)=C(/N)CN(Cc1ccc(OC(F)(F)F)cc1)c1ccc(Cl)cc1. The lowest BCUT2D eigenvalue weighted by molar-refractivity contribution is -0.274. The molecule has 0 saturated carbocycles. The molecular weight excluding hydrogens is 437 g/mol. The molecule has 0 atom stereocenters. The lowest BCUT2D eigenvalue weighted by Crippen LogP contribution is -2.36. The molecule has 0 aromatic heterocycles. The van der Waals surface area contributed by atoms with Gasteiger partial charge in [-0.05, 0) is 48.9 Å². The predicted molar refractivity (Wildman–Crippen MR) is 111 cm³/mol. The van der Waals surface area contributed by atoms with E-state index in [0.717, 1.165) is 0 Å². The van der Waals surface area contributed by atoms with E-state index >= 15 is 0 Å². The van der Waals surface area contributed by atoms with Gasteiger partial charge in [0.2, 0.25) is 0 Å². The van der Waals surface area contributed by atoms with Gasteiger partial charge in [0.05, 0.1) is 18.8 Å². The van der Waals surface area contributed by atoms with Crippen LogP contribution >= 0.6 is 11.6 Å². The van der Waals surface area contributed by atoms with Crippen LogP contribution in [0.15, 0.2) is 59.9 Å². The normalized spacial score (nSPS) is 12.1. The molecule has 7 nitrogen and oxygen atoms in total. The van der Waals surface area contributed by atoms with Crippen LogP contribution in [0.4, 0.5) is 18.9 Å². The third-order valence-electron chi connectivity index (χ3n) is 4.03. The van der Waals surface area contributed by atoms with Crippen LogP contribution in [0, 0.1) is 0 Å². The lowest BCUT2D eigenvalue weighted by Gasteiger charge is -2.26. The molecule has 2 rings (SSSR count). The number of anilines is 1. The van der Waals surface area contributed by atoms with Gasteiger partial charge in [0.25, 0.3) is 0 Å². The highest BCUT2D eigenvalue weighted by Crippen LogP contribution is 2.25. The number of benzene rings is 2. The quantitative estimate of drug-likeness (QED) is 0.229. The van der Waals surface area contributed by atoms with Crippen LogP contribution in [0.5, 0.6) is 5.75 Å². The molecule has 2 aromatic rings. The Morgan fingerprint density at radius 3 is 2.26 bits per heavy atom. The molecule has 0 radical (unpaired) electrons. The number of hydrazine groups is 1. The Morgan fingerprint density at radius 1 is 1.13 bits per heavy atom. The van der Waals surface area contributed by atoms with Crippen LogP contribution in [-0.4, -0.2) is 25.5 Å². The van der Waals surface area contributed by atoms with Gasteiger partial charge in [-0.15, -0.1) is 13.2 Å². The summed E-state index contributed by atoms with van der Waals surface area (Å²) in [6.07, 6.45) is -4.77. The second-order valence-electron chi connectivity index (χ2n) is 6.29. The minimum atomic E-state index is -4.77. The number of nitrogens with two attached hydrogens (primary N) is 2. The number of rotatable bonds is 9. The summed E-state index contributed by atoms with van der Waals surface area (Å²) in [6, 6.07) is 12.3. The molecule has 0 aliphatic carbocycles. The Bertz CT molecular complexity index is 903. The van der Waals surface area contributed by atoms with Gasteiger partial charge >= 0.3 is 12.3 Å². The molecule has 0 heterocycles. The van der Waals surface area contributed by atoms with E-state index in [9.17, 15) is 18.0 Å². The highest BCUT2D eigenvalue weighted by molar-refractivity contribution is 6.30. The summed E-state index contributed by atoms with van der Waals surface area (Å²) in [5.74, 6) is 4.40. The van der Waals surface area contributed by atoms with E-state index in [-0.39, 0.29) is 36.8 Å². The summed E-state index contributed by atoms with van der Waals surface area (Å²) in [5, 5.41) is 0.525. The van der Waals surface area contributed by atoms with Crippen LogP contribution < -0.4 is 26.6 Å². The van der Waals surface area contributed by atoms with E-state index in [1.54, 1.807) is 36.1 Å². The average molecular weight is 459 g/mol. The van der Waals surface area contributed by atoms with Gasteiger partial charge in [0, 0.05) is 17.3 Å². The minimum absolute atomic E-state index is 0.0702. The molecule has 168 valence electrons. The van der Waals surface area contributed by atoms with E-state index in [0.29, 0.717) is 16.3 Å². The number of hydrogen-bond acceptors (Lipinski definition) is 7. The molecule has 0 bridgehead atoms. The van der Waals surface area contributed by atoms with E-state index in [2.05, 4.69) is 10.2 Å². The summed E-state index contributed by atoms with van der Waals surface area (Å²) in [6.45, 7) is 2.12. The Labute approximate surface area is 182 Å². The van der Waals surface area contributed by atoms with Crippen LogP contribution in [-0.2, 0) is 16.1 Å². The van der Waals surface area contributed by atoms with Gasteiger partial charge in [0.1, 0.15) is 5.75 Å². The monoisotopic (exact) mass is 458 g/mol. The van der Waals surface area contributed by atoms with Crippen molar-refractivity contribution >= 4 is 23.3 Å². The zero-order valence-corrected chi connectivity index (χ0v) is 17.3. The maximum Gasteiger partial charge on any atom is 0.573 e. The number of carbonyl (C=O) groups is 1. The van der Waals surface area contributed by atoms with Crippen molar-refractivity contribution in [3.63, 3.8) is 0 Å². The topological polar surface area (TPSA) is 103 Å². The highest BCUT2D eigenvalue weighted by Gasteiger charge is 2.31. The Kier molecular flexibility index (Phi) is 8.40. The second kappa shape index (κ2) is 10.8. The zero-order valence-electron chi connectivity index (χ0n) is 16.6. The van der Waals surface area contributed by atoms with Crippen molar-refractivity contribution in [1.82, 2.24) is 5.43 Å². The van der Waals surface area contributed by atoms with Crippen molar-refractivity contribution in [1.29, 1.82) is 0 Å². The van der Waals surface area contributed by atoms with Gasteiger partial charge in [-0.3, -0.25) is 5.84 Å². The summed E-state index contributed by atoms with van der Waals surface area (Å²) in [4.78, 5) is 13.8. The van der Waals surface area contributed by atoms with E-state index in [1.165, 1.54) is 24.3 Å². The number of carbonyl (C=O) groups excluding carboxylic acids is 1. The zero-order chi connectivity index (χ0) is 23.0. The second-order valence-corrected chi connectivity index (χ2v) is 6.73. The van der Waals surface area contributed by atoms with Crippen LogP contribution in [0.1, 0.15) is 12.5 Å². The Hall–Kier alpha value is -3.11. The van der Waals surface area contributed by atoms with Crippen molar-refractivity contribution in [3.8, 4) is 5.75 Å². The first-order chi connectivity index (χ1) is 14.6. The fourth-order valence-electron chi connectivity index (χ4n) is 2.68. The minimum Gasteiger partial charge on any atom is -0.461 e. The Balaban J connectivity index is 2.29. The maximum atomic E-state index is 12.4. The standard InChI is InChI=1S/C20H22ClF3N4O3/c1-2-30-19(29)18(27-26)17(25)12-28(15-7-5-14(21)6-8-15)11-13-3-9-16(10-4-13)31-20(22,23)24/h3-10,27H,2,11-12,25-26H2,1H3/b18-17-. The molecule has 0 aliphatic heterocycles. The molecular formula is C20H22ClF3N4O3. The summed E-state index contributed by atoms with van der Waals surface area (Å²) >= 11 is 5.96. The first-order valence-corrected chi connectivity index (χ1v) is 9.48. The Morgan fingerprint density at radius 2 is 1.74 bits per heavy atom. The van der Waals surface area contributed by atoms with Crippen molar-refractivity contribution in [3.05, 3.63) is 70.5 Å². The van der Waals surface area contributed by atoms with Gasteiger partial charge in [-0.2, -0.15) is 0 Å². The average Bonchev–Trinajstić information content (AvgIpc) is 2.69. The largest absolute Gasteiger partial charge is 0.573 e. The van der Waals surface area contributed by atoms with E-state index in [1.807, 2.05) is 0 Å². The predicted octanol–water partition coefficient (Wildman–Crippen LogP) is 3.44. The third-order valence-corrected chi connectivity index (χ3v) is 4.28. The van der Waals surface area contributed by atoms with Crippen molar-refractivity contribution in [2.24, 2.45) is 11.6 Å². The lowest BCUT2D eigenvalue weighted by atomic mass is 10.1. The van der Waals surface area contributed by atoms with Gasteiger partial charge in [-0.25, -0.2) is 4.79 Å². The van der Waals surface area contributed by atoms with E-state index < -0.39 is 12.3 Å². The van der Waals surface area contributed by atoms with Crippen LogP contribution in [0.3, 0.4) is 0 Å². The van der Waals surface area contributed by atoms with Crippen molar-refractivity contribution < 1.29 is 27.4 Å². The first-order valence-electron chi connectivity index (χ1n) is 9.10. The molecule has 0 fully saturated rings. The number of ether oxygens (including phenoxy) is 2. The highest BCUT2D eigenvalue weighted by atomic mass is 35.5. The van der Waals surface area contributed by atoms with Crippen LogP contribution in [0.25, 0.3) is 0 Å².